The second kappa shape index (κ2) is 26.7. The monoisotopic (exact) mass is 1170 g/mol. The zero-order chi connectivity index (χ0) is 58.0. The fourth-order valence-corrected chi connectivity index (χ4v) is 10.7. The maximum Gasteiger partial charge on any atom is 0.538 e. The van der Waals surface area contributed by atoms with Gasteiger partial charge in [0.15, 0.2) is 17.7 Å². The normalized spacial score (nSPS) is 17.8. The van der Waals surface area contributed by atoms with Crippen LogP contribution in [0.1, 0.15) is 51.9 Å². The number of aliphatic hydroxyl groups is 2. The van der Waals surface area contributed by atoms with Gasteiger partial charge in [0.05, 0.1) is 76.4 Å². The van der Waals surface area contributed by atoms with E-state index in [1.807, 2.05) is 74.1 Å². The van der Waals surface area contributed by atoms with Gasteiger partial charge in [0.2, 0.25) is 5.36 Å². The van der Waals surface area contributed by atoms with Gasteiger partial charge in [-0.2, -0.15) is 4.31 Å². The topological polar surface area (TPSA) is 383 Å². The molecule has 2 aromatic carbocycles. The number of nitrogens with zero attached hydrogens (tertiary/aromatic N) is 9. The molecule has 5 heterocycles. The number of amides is 1. The Morgan fingerprint density at radius 1 is 0.877 bits per heavy atom. The minimum absolute atomic E-state index is 0.0352. The molecular weight excluding hydrogens is 1100 g/mol. The van der Waals surface area contributed by atoms with Crippen LogP contribution >= 0.6 is 15.6 Å². The first kappa shape index (κ1) is 60.0. The Labute approximate surface area is 462 Å². The first-order valence-electron chi connectivity index (χ1n) is 25.3. The van der Waals surface area contributed by atoms with Crippen LogP contribution < -0.4 is 25.9 Å². The number of aliphatic hydroxyl groups excluding tert-OH is 2. The lowest BCUT2D eigenvalue weighted by Gasteiger charge is -2.19. The van der Waals surface area contributed by atoms with Gasteiger partial charge in [0.1, 0.15) is 55.6 Å². The Kier molecular flexibility index (Phi) is 19.7. The molecule has 3 aliphatic rings. The summed E-state index contributed by atoms with van der Waals surface area (Å²) in [4.78, 5) is 72.2. The van der Waals surface area contributed by atoms with Crippen LogP contribution in [0.3, 0.4) is 0 Å². The number of fused-ring (bicyclic) bond motifs is 3. The first-order chi connectivity index (χ1) is 38.7. The Balaban J connectivity index is 0.670. The van der Waals surface area contributed by atoms with E-state index < -0.39 is 64.6 Å². The van der Waals surface area contributed by atoms with E-state index in [-0.39, 0.29) is 67.3 Å². The summed E-state index contributed by atoms with van der Waals surface area (Å²) in [5.41, 5.74) is 10.2. The molecule has 1 aliphatic carbocycles. The first-order valence-corrected chi connectivity index (χ1v) is 28.3. The van der Waals surface area contributed by atoms with Crippen molar-refractivity contribution in [3.05, 3.63) is 95.6 Å². The average Bonchev–Trinajstić information content (AvgIpc) is 4.28. The van der Waals surface area contributed by atoms with Crippen LogP contribution in [-0.2, 0) is 59.2 Å². The third kappa shape index (κ3) is 15.3. The van der Waals surface area contributed by atoms with Gasteiger partial charge in [-0.15, -0.1) is 5.10 Å². The molecule has 29 nitrogen and oxygen atoms in total. The number of aromatic carboxylic acids is 1. The van der Waals surface area contributed by atoms with E-state index in [1.165, 1.54) is 17.0 Å². The van der Waals surface area contributed by atoms with E-state index in [0.29, 0.717) is 67.4 Å². The number of nitrogens with one attached hydrogen (secondary N) is 1. The summed E-state index contributed by atoms with van der Waals surface area (Å²) < 4.78 is 71.9. The number of ether oxygens (including phenoxy) is 4. The maximum atomic E-state index is 13.2. The van der Waals surface area contributed by atoms with Crippen LogP contribution in [-0.4, -0.2) is 177 Å². The highest BCUT2D eigenvalue weighted by atomic mass is 31.3. The van der Waals surface area contributed by atoms with E-state index >= 15 is 0 Å². The van der Waals surface area contributed by atoms with Crippen molar-refractivity contribution in [1.82, 2.24) is 44.4 Å². The van der Waals surface area contributed by atoms with Crippen molar-refractivity contribution in [3.8, 4) is 22.5 Å². The van der Waals surface area contributed by atoms with Crippen molar-refractivity contribution in [3.63, 3.8) is 0 Å². The largest absolute Gasteiger partial charge is 0.538 e. The highest BCUT2D eigenvalue weighted by Gasteiger charge is 2.46. The molecule has 8 rings (SSSR count). The zero-order valence-corrected chi connectivity index (χ0v) is 46.3. The predicted octanol–water partition coefficient (Wildman–Crippen LogP) is 2.60. The number of nitrogens with two attached hydrogens (primary N) is 1. The summed E-state index contributed by atoms with van der Waals surface area (Å²) in [5.74, 6) is -2.20. The standard InChI is InChI=1S/C50H61N11O18P2/c1-58(2)32-10-13-35-38(24-32)76-39-25-33(59(3)4)11-14-36(39)42(35)34-12-9-30(23-37(34)50(66)67)48(65)52-15-17-72-19-21-74-22-20-73-18-16-60-26-31(56-57-60)7-5-6-8-41(62)78-81(70,71)79-80(68,69)75-27-40-44(63)45(64)49(77-40)61-29-55-43-46(51)53-28-54-47(43)61/h9-14,23-26,28-29,40,44-45,49,63-64H,5-8,15-22,27H2,1-4H3,(H5-,51,52,53,54,65,66,67,68,69,70,71)/p+1. The summed E-state index contributed by atoms with van der Waals surface area (Å²) in [5, 5.41) is 44.1. The molecule has 3 aromatic heterocycles. The number of carboxylic acids is 1. The number of carbonyl (C=O) groups excluding carboxylic acids is 2. The number of carboxylic acid groups (broad SMARTS) is 1. The Hall–Kier alpha value is -7.11. The van der Waals surface area contributed by atoms with Crippen molar-refractivity contribution >= 4 is 67.1 Å². The van der Waals surface area contributed by atoms with Gasteiger partial charge in [0, 0.05) is 73.2 Å². The smallest absolute Gasteiger partial charge is 0.478 e. The number of benzene rings is 3. The van der Waals surface area contributed by atoms with E-state index in [4.69, 9.17) is 33.6 Å². The van der Waals surface area contributed by atoms with Gasteiger partial charge < -0.3 is 64.1 Å². The highest BCUT2D eigenvalue weighted by Crippen LogP contribution is 2.61. The van der Waals surface area contributed by atoms with Gasteiger partial charge in [-0.05, 0) is 55.2 Å². The van der Waals surface area contributed by atoms with E-state index in [9.17, 15) is 48.6 Å². The van der Waals surface area contributed by atoms with Gasteiger partial charge in [0.25, 0.3) is 5.91 Å². The molecule has 0 spiro atoms. The molecule has 6 unspecified atom stereocenters. The lowest BCUT2D eigenvalue weighted by molar-refractivity contribution is -0.135. The number of hydrogen-bond acceptors (Lipinski definition) is 22. The highest BCUT2D eigenvalue weighted by molar-refractivity contribution is 7.61. The molecule has 5 aromatic rings. The molecule has 31 heteroatoms. The molecule has 0 saturated carbocycles. The van der Waals surface area contributed by atoms with Crippen molar-refractivity contribution in [2.45, 2.75) is 56.8 Å². The molecule has 2 aliphatic heterocycles. The second-order valence-electron chi connectivity index (χ2n) is 18.9. The zero-order valence-electron chi connectivity index (χ0n) is 44.5. The summed E-state index contributed by atoms with van der Waals surface area (Å²) >= 11 is 0. The molecule has 0 radical (unpaired) electrons. The molecule has 434 valence electrons. The average molecular weight is 1170 g/mol. The van der Waals surface area contributed by atoms with E-state index in [0.717, 1.165) is 28.3 Å². The van der Waals surface area contributed by atoms with E-state index in [2.05, 4.69) is 39.4 Å². The number of carbonyl (C=O) groups is 3. The van der Waals surface area contributed by atoms with Gasteiger partial charge >= 0.3 is 27.6 Å². The second-order valence-corrected chi connectivity index (χ2v) is 21.8. The summed E-state index contributed by atoms with van der Waals surface area (Å²) in [6, 6.07) is 16.2. The SMILES string of the molecule is CN(C)c1ccc2c(-c3ccc(C(=O)NCCOCCOCCOCCn4cc(CCCCC(=O)OP(=O)(O)OP(=O)(O)OCC5OC(n6cnc7c(N)ncnc76)C(O)C5O)nn4)cc3C(=O)O)c3ccc(=[N+](C)C)cc-3oc2c1. The number of hydrogen-bond donors (Lipinski definition) is 7. The number of unbranched alkanes of at least 4 members (excludes halogenated alkanes) is 1. The molecule has 1 fully saturated rings. The number of imidazole rings is 1. The molecule has 1 saturated heterocycles. The van der Waals surface area contributed by atoms with Crippen LogP contribution in [0.2, 0.25) is 0 Å². The Bertz CT molecular complexity index is 3520. The molecular formula is C50H62N11O18P2+. The Morgan fingerprint density at radius 3 is 2.36 bits per heavy atom. The third-order valence-electron chi connectivity index (χ3n) is 12.7. The minimum Gasteiger partial charge on any atom is -0.478 e. The summed E-state index contributed by atoms with van der Waals surface area (Å²) in [6.07, 6.45) is -1.27. The number of phosphoric ester groups is 2. The van der Waals surface area contributed by atoms with Gasteiger partial charge in [-0.25, -0.2) is 38.1 Å². The minimum atomic E-state index is -5.46. The molecule has 8 N–H and O–H groups in total. The molecule has 0 bridgehead atoms. The number of rotatable bonds is 28. The van der Waals surface area contributed by atoms with Crippen LogP contribution in [0.25, 0.3) is 44.6 Å². The van der Waals surface area contributed by atoms with Crippen molar-refractivity contribution < 1.29 is 85.3 Å². The van der Waals surface area contributed by atoms with Crippen LogP contribution in [0, 0.1) is 0 Å². The third-order valence-corrected chi connectivity index (χ3v) is 15.3. The number of aromatic nitrogens is 7. The van der Waals surface area contributed by atoms with Crippen LogP contribution in [0.5, 0.6) is 0 Å². The van der Waals surface area contributed by atoms with Crippen molar-refractivity contribution in [2.75, 3.05) is 91.6 Å². The number of anilines is 2. The molecule has 81 heavy (non-hydrogen) atoms. The Morgan fingerprint density at radius 2 is 1.62 bits per heavy atom. The lowest BCUT2D eigenvalue weighted by Crippen LogP contribution is -2.33. The quantitative estimate of drug-likeness (QED) is 0.0160. The van der Waals surface area contributed by atoms with Crippen molar-refractivity contribution in [2.24, 2.45) is 0 Å². The lowest BCUT2D eigenvalue weighted by atomic mass is 9.89. The molecule has 6 atom stereocenters. The maximum absolute atomic E-state index is 13.2. The summed E-state index contributed by atoms with van der Waals surface area (Å²) in [6.45, 7) is 1.29. The number of phosphoric acid groups is 2. The van der Waals surface area contributed by atoms with E-state index in [1.54, 1.807) is 23.0 Å². The van der Waals surface area contributed by atoms with Gasteiger partial charge in [-0.3, -0.25) is 23.6 Å². The molecule has 1 amide bonds. The fourth-order valence-electron chi connectivity index (χ4n) is 8.64. The number of nitrogen functional groups attached to an aromatic ring is 1. The van der Waals surface area contributed by atoms with Gasteiger partial charge in [-0.1, -0.05) is 11.3 Å². The van der Waals surface area contributed by atoms with Crippen molar-refractivity contribution in [1.29, 1.82) is 0 Å². The van der Waals surface area contributed by atoms with Crippen LogP contribution in [0.15, 0.2) is 77.9 Å². The summed E-state index contributed by atoms with van der Waals surface area (Å²) in [7, 11) is -3.16. The van der Waals surface area contributed by atoms with Crippen LogP contribution in [0.4, 0.5) is 11.5 Å². The predicted molar refractivity (Wildman–Crippen MR) is 287 cm³/mol. The number of aryl methyl sites for hydroxylation is 1. The fraction of sp³-hybridized carbons (Fsp3) is 0.420.